The molecule has 0 N–H and O–H groups in total. The maximum Gasteiger partial charge on any atom is 0 e. The molecule has 0 heterocycles. The van der Waals surface area contributed by atoms with Gasteiger partial charge in [0.1, 0.15) is 0 Å². The smallest absolute Gasteiger partial charge is 0 e. The number of nitrogens with zero attached hydrogens (tertiary/aromatic N) is 1. The van der Waals surface area contributed by atoms with Crippen molar-refractivity contribution in [3.63, 3.8) is 0 Å². The van der Waals surface area contributed by atoms with Gasteiger partial charge < -0.3 is 11.1 Å². The summed E-state index contributed by atoms with van der Waals surface area (Å²) in [6, 6.07) is 10.0. The molecular formula is C13H17MoNO2-2. The van der Waals surface area contributed by atoms with Gasteiger partial charge in [-0.25, -0.2) is 17.7 Å². The topological polar surface area (TPSA) is 43.0 Å². The number of hydrogen-bond donors (Lipinski definition) is 0. The van der Waals surface area contributed by atoms with Crippen molar-refractivity contribution in [2.45, 2.75) is 13.8 Å². The fourth-order valence-corrected chi connectivity index (χ4v) is 0.768. The zero-order valence-electron chi connectivity index (χ0n) is 10.6. The van der Waals surface area contributed by atoms with Crippen molar-refractivity contribution in [2.75, 3.05) is 14.1 Å². The molecule has 0 saturated carbocycles. The third kappa shape index (κ3) is 39.5. The average Bonchev–Trinajstić information content (AvgIpc) is 2.80. The first-order valence-electron chi connectivity index (χ1n) is 4.44. The van der Waals surface area contributed by atoms with E-state index in [0.29, 0.717) is 0 Å². The summed E-state index contributed by atoms with van der Waals surface area (Å²) < 4.78 is 15.0. The van der Waals surface area contributed by atoms with E-state index in [2.05, 4.69) is 19.5 Å². The molecule has 0 aromatic heterocycles. The molecule has 94 valence electrons. The van der Waals surface area contributed by atoms with Gasteiger partial charge in [-0.1, -0.05) is 13.8 Å². The Morgan fingerprint density at radius 2 is 1.41 bits per heavy atom. The van der Waals surface area contributed by atoms with E-state index in [-0.39, 0.29) is 21.1 Å². The Kier molecular flexibility index (Phi) is 35.9. The van der Waals surface area contributed by atoms with Crippen LogP contribution in [0.4, 0.5) is 0 Å². The van der Waals surface area contributed by atoms with Gasteiger partial charge in [-0.3, -0.25) is 0 Å². The largest absolute Gasteiger partial charge is 0.214 e. The van der Waals surface area contributed by atoms with Crippen LogP contribution in [0.2, 0.25) is 0 Å². The molecule has 0 aliphatic rings. The van der Waals surface area contributed by atoms with Gasteiger partial charge in [0.15, 0.2) is 0 Å². The summed E-state index contributed by atoms with van der Waals surface area (Å²) in [6.07, 6.45) is 3.06. The van der Waals surface area contributed by atoms with E-state index in [9.17, 15) is 0 Å². The van der Waals surface area contributed by atoms with Gasteiger partial charge in [-0.15, -0.1) is 0 Å². The van der Waals surface area contributed by atoms with Crippen LogP contribution in [0.15, 0.2) is 35.9 Å². The molecule has 1 aromatic carbocycles. The fraction of sp³-hybridized carbons (Fsp3) is 0.308. The van der Waals surface area contributed by atoms with Gasteiger partial charge in [0.2, 0.25) is 0 Å². The number of hydrogen-bond acceptors (Lipinski definition) is 1. The van der Waals surface area contributed by atoms with Crippen LogP contribution >= 0.6 is 0 Å². The zero-order valence-corrected chi connectivity index (χ0v) is 12.6. The molecule has 0 fully saturated rings. The van der Waals surface area contributed by atoms with Crippen LogP contribution in [0.5, 0.6) is 0 Å². The van der Waals surface area contributed by atoms with Crippen LogP contribution in [0.1, 0.15) is 13.8 Å². The molecule has 0 saturated heterocycles. The molecular weight excluding hydrogens is 298 g/mol. The van der Waals surface area contributed by atoms with Gasteiger partial charge in [0.05, 0.1) is 0 Å². The predicted octanol–water partition coefficient (Wildman–Crippen LogP) is 2.60. The maximum absolute atomic E-state index is 7.50. The minimum absolute atomic E-state index is 0. The maximum atomic E-state index is 7.50. The van der Waals surface area contributed by atoms with E-state index in [1.165, 1.54) is 5.57 Å². The Morgan fingerprint density at radius 1 is 1.06 bits per heavy atom. The first-order chi connectivity index (χ1) is 7.63. The minimum Gasteiger partial charge on any atom is -0.214 e. The van der Waals surface area contributed by atoms with Crippen LogP contribution in [0.3, 0.4) is 0 Å². The van der Waals surface area contributed by atoms with Crippen molar-refractivity contribution in [2.24, 2.45) is 0 Å². The van der Waals surface area contributed by atoms with E-state index in [1.54, 1.807) is 0 Å². The summed E-state index contributed by atoms with van der Waals surface area (Å²) in [4.78, 5) is 1.91. The van der Waals surface area contributed by atoms with Gasteiger partial charge in [-0.05, 0) is 14.1 Å². The summed E-state index contributed by atoms with van der Waals surface area (Å²) in [6.45, 7) is 13.1. The Morgan fingerprint density at radius 3 is 1.47 bits per heavy atom. The first kappa shape index (κ1) is 25.0. The van der Waals surface area contributed by atoms with Crippen molar-refractivity contribution < 1.29 is 30.4 Å². The van der Waals surface area contributed by atoms with E-state index >= 15 is 0 Å². The molecule has 0 bridgehead atoms. The molecule has 0 radical (unpaired) electrons. The molecule has 0 atom stereocenters. The van der Waals surface area contributed by atoms with Gasteiger partial charge in [-0.2, -0.15) is 18.2 Å². The van der Waals surface area contributed by atoms with Crippen LogP contribution in [0.25, 0.3) is 0 Å². The first-order valence-corrected chi connectivity index (χ1v) is 4.44. The summed E-state index contributed by atoms with van der Waals surface area (Å²) >= 11 is 0. The zero-order chi connectivity index (χ0) is 13.4. The number of allylic oxidation sites excluding steroid dienone is 1. The molecule has 0 amide bonds. The van der Waals surface area contributed by atoms with Crippen molar-refractivity contribution in [1.29, 1.82) is 0 Å². The Hall–Kier alpha value is -0.942. The van der Waals surface area contributed by atoms with E-state index in [1.807, 2.05) is 63.2 Å². The molecule has 0 aliphatic carbocycles. The SMILES string of the molecule is CC(C)=[C-]N(C)C.[C-]#[O+].[C-]#[O+].[Mo].c1cc[cH-]c1. The van der Waals surface area contributed by atoms with Gasteiger partial charge in [0, 0.05) is 21.1 Å². The molecule has 0 aliphatic heterocycles. The second kappa shape index (κ2) is 24.3. The summed E-state index contributed by atoms with van der Waals surface area (Å²) in [7, 11) is 3.93. The Labute approximate surface area is 119 Å². The number of rotatable bonds is 1. The van der Waals surface area contributed by atoms with Crippen molar-refractivity contribution in [1.82, 2.24) is 4.90 Å². The summed E-state index contributed by atoms with van der Waals surface area (Å²) in [5.41, 5.74) is 1.21. The quantitative estimate of drug-likeness (QED) is 0.340. The summed E-state index contributed by atoms with van der Waals surface area (Å²) in [5, 5.41) is 0. The van der Waals surface area contributed by atoms with Crippen LogP contribution < -0.4 is 0 Å². The van der Waals surface area contributed by atoms with E-state index in [4.69, 9.17) is 9.30 Å². The van der Waals surface area contributed by atoms with Gasteiger partial charge in [0.25, 0.3) is 0 Å². The molecule has 0 spiro atoms. The van der Waals surface area contributed by atoms with Gasteiger partial charge >= 0.3 is 22.6 Å². The second-order valence-electron chi connectivity index (χ2n) is 2.97. The molecule has 0 unspecified atom stereocenters. The van der Waals surface area contributed by atoms with Crippen molar-refractivity contribution in [3.05, 3.63) is 55.4 Å². The molecule has 4 heteroatoms. The minimum atomic E-state index is 0. The van der Waals surface area contributed by atoms with E-state index in [0.717, 1.165) is 0 Å². The second-order valence-corrected chi connectivity index (χ2v) is 2.97. The molecule has 3 nitrogen and oxygen atoms in total. The van der Waals surface area contributed by atoms with E-state index < -0.39 is 0 Å². The standard InChI is InChI=1S/C6H12N.C5H5.2CO.Mo/c1-6(2)5-7(3)4;1-2-4-5-3-1;2*1-2;/h1-4H3;1-5H;;;/q2*-1;;;. The third-order valence-electron chi connectivity index (χ3n) is 1.00. The summed E-state index contributed by atoms with van der Waals surface area (Å²) in [5.74, 6) is 0. The molecule has 17 heavy (non-hydrogen) atoms. The fourth-order valence-electron chi connectivity index (χ4n) is 0.768. The van der Waals surface area contributed by atoms with Crippen molar-refractivity contribution in [3.8, 4) is 0 Å². The third-order valence-corrected chi connectivity index (χ3v) is 1.00. The van der Waals surface area contributed by atoms with Crippen LogP contribution in [0, 0.1) is 19.5 Å². The molecule has 1 rings (SSSR count). The van der Waals surface area contributed by atoms with Crippen LogP contribution in [-0.2, 0) is 30.4 Å². The molecule has 1 aromatic rings. The van der Waals surface area contributed by atoms with Crippen LogP contribution in [-0.4, -0.2) is 19.0 Å². The Balaban J connectivity index is -0.0000000747. The normalized spacial score (nSPS) is 5.88. The Bertz CT molecular complexity index is 247. The predicted molar refractivity (Wildman–Crippen MR) is 61.7 cm³/mol. The average molecular weight is 315 g/mol. The van der Waals surface area contributed by atoms with Crippen molar-refractivity contribution >= 4 is 0 Å². The monoisotopic (exact) mass is 317 g/mol.